The van der Waals surface area contributed by atoms with Crippen LogP contribution in [-0.2, 0) is 6.54 Å². The van der Waals surface area contributed by atoms with Crippen LogP contribution < -0.4 is 5.32 Å². The third kappa shape index (κ3) is 3.06. The number of rotatable bonds is 3. The summed E-state index contributed by atoms with van der Waals surface area (Å²) in [4.78, 5) is 11.9. The lowest BCUT2D eigenvalue weighted by Gasteiger charge is -2.06. The highest BCUT2D eigenvalue weighted by molar-refractivity contribution is 5.94. The monoisotopic (exact) mass is 268 g/mol. The number of carbonyl (C=O) groups is 1. The molecular weight excluding hydrogens is 256 g/mol. The zero-order valence-electron chi connectivity index (χ0n) is 10.5. The molecule has 2 aromatic carbocycles. The third-order valence-electron chi connectivity index (χ3n) is 2.75. The van der Waals surface area contributed by atoms with E-state index in [2.05, 4.69) is 5.32 Å². The molecule has 0 unspecified atom stereocenters. The molecule has 0 bridgehead atoms. The molecule has 5 nitrogen and oxygen atoms in total. The van der Waals surface area contributed by atoms with Crippen LogP contribution in [0.2, 0.25) is 0 Å². The summed E-state index contributed by atoms with van der Waals surface area (Å²) in [6, 6.07) is 12.8. The van der Waals surface area contributed by atoms with E-state index in [1.807, 2.05) is 6.07 Å². The SMILES string of the molecule is N#Cc1cccc(CNC(=O)c2ccc(O)c(O)c2)c1. The van der Waals surface area contributed by atoms with Crippen LogP contribution in [-0.4, -0.2) is 16.1 Å². The van der Waals surface area contributed by atoms with Gasteiger partial charge in [-0.25, -0.2) is 0 Å². The fourth-order valence-corrected chi connectivity index (χ4v) is 1.70. The number of amides is 1. The summed E-state index contributed by atoms with van der Waals surface area (Å²) in [6.45, 7) is 0.274. The number of phenolic OH excluding ortho intramolecular Hbond substituents is 2. The van der Waals surface area contributed by atoms with Crippen molar-refractivity contribution in [1.82, 2.24) is 5.32 Å². The molecule has 0 aromatic heterocycles. The Bertz CT molecular complexity index is 690. The van der Waals surface area contributed by atoms with E-state index < -0.39 is 0 Å². The van der Waals surface area contributed by atoms with Gasteiger partial charge in [0, 0.05) is 12.1 Å². The van der Waals surface area contributed by atoms with E-state index in [1.54, 1.807) is 24.3 Å². The van der Waals surface area contributed by atoms with Gasteiger partial charge >= 0.3 is 0 Å². The first-order chi connectivity index (χ1) is 9.60. The minimum Gasteiger partial charge on any atom is -0.504 e. The zero-order valence-corrected chi connectivity index (χ0v) is 10.5. The molecule has 2 aromatic rings. The molecular formula is C15H12N2O3. The molecule has 0 aliphatic heterocycles. The molecule has 2 rings (SSSR count). The van der Waals surface area contributed by atoms with Crippen molar-refractivity contribution in [3.63, 3.8) is 0 Å². The summed E-state index contributed by atoms with van der Waals surface area (Å²) in [5.41, 5.74) is 1.58. The topological polar surface area (TPSA) is 93.4 Å². The second-order valence-corrected chi connectivity index (χ2v) is 4.20. The molecule has 0 radical (unpaired) electrons. The molecule has 0 aliphatic rings. The average Bonchev–Trinajstić information content (AvgIpc) is 2.47. The zero-order chi connectivity index (χ0) is 14.5. The van der Waals surface area contributed by atoms with E-state index in [0.29, 0.717) is 5.56 Å². The minimum absolute atomic E-state index is 0.247. The highest BCUT2D eigenvalue weighted by Gasteiger charge is 2.08. The number of aromatic hydroxyl groups is 2. The Morgan fingerprint density at radius 2 is 1.95 bits per heavy atom. The first-order valence-corrected chi connectivity index (χ1v) is 5.89. The van der Waals surface area contributed by atoms with E-state index in [-0.39, 0.29) is 29.5 Å². The first kappa shape index (κ1) is 13.4. The molecule has 0 spiro atoms. The largest absolute Gasteiger partial charge is 0.504 e. The summed E-state index contributed by atoms with van der Waals surface area (Å²) < 4.78 is 0. The van der Waals surface area contributed by atoms with Gasteiger partial charge in [-0.2, -0.15) is 5.26 Å². The second-order valence-electron chi connectivity index (χ2n) is 4.20. The van der Waals surface area contributed by atoms with Gasteiger partial charge in [-0.05, 0) is 35.9 Å². The van der Waals surface area contributed by atoms with Gasteiger partial charge in [-0.3, -0.25) is 4.79 Å². The van der Waals surface area contributed by atoms with Gasteiger partial charge in [0.2, 0.25) is 0 Å². The van der Waals surface area contributed by atoms with Gasteiger partial charge in [0.05, 0.1) is 11.6 Å². The van der Waals surface area contributed by atoms with E-state index >= 15 is 0 Å². The summed E-state index contributed by atoms with van der Waals surface area (Å²) in [7, 11) is 0. The number of carbonyl (C=O) groups excluding carboxylic acids is 1. The Labute approximate surface area is 115 Å². The van der Waals surface area contributed by atoms with E-state index in [1.165, 1.54) is 18.2 Å². The number of nitriles is 1. The Morgan fingerprint density at radius 3 is 2.65 bits per heavy atom. The molecule has 5 heteroatoms. The molecule has 100 valence electrons. The van der Waals surface area contributed by atoms with Crippen molar-refractivity contribution >= 4 is 5.91 Å². The van der Waals surface area contributed by atoms with Crippen molar-refractivity contribution in [2.75, 3.05) is 0 Å². The van der Waals surface area contributed by atoms with Crippen molar-refractivity contribution < 1.29 is 15.0 Å². The van der Waals surface area contributed by atoms with Crippen molar-refractivity contribution in [3.05, 3.63) is 59.2 Å². The number of hydrogen-bond acceptors (Lipinski definition) is 4. The third-order valence-corrected chi connectivity index (χ3v) is 2.75. The molecule has 20 heavy (non-hydrogen) atoms. The van der Waals surface area contributed by atoms with Crippen LogP contribution in [0, 0.1) is 11.3 Å². The number of benzene rings is 2. The molecule has 0 heterocycles. The Kier molecular flexibility index (Phi) is 3.87. The van der Waals surface area contributed by atoms with Crippen LogP contribution >= 0.6 is 0 Å². The fourth-order valence-electron chi connectivity index (χ4n) is 1.70. The van der Waals surface area contributed by atoms with Gasteiger partial charge in [0.25, 0.3) is 5.91 Å². The second kappa shape index (κ2) is 5.76. The summed E-state index contributed by atoms with van der Waals surface area (Å²) >= 11 is 0. The predicted octanol–water partition coefficient (Wildman–Crippen LogP) is 1.90. The summed E-state index contributed by atoms with van der Waals surface area (Å²) in [6.07, 6.45) is 0. The number of hydrogen-bond donors (Lipinski definition) is 3. The van der Waals surface area contributed by atoms with Crippen LogP contribution in [0.1, 0.15) is 21.5 Å². The minimum atomic E-state index is -0.373. The van der Waals surface area contributed by atoms with Crippen LogP contribution in [0.15, 0.2) is 42.5 Å². The Morgan fingerprint density at radius 1 is 1.15 bits per heavy atom. The van der Waals surface area contributed by atoms with E-state index in [4.69, 9.17) is 5.26 Å². The quantitative estimate of drug-likeness (QED) is 0.741. The van der Waals surface area contributed by atoms with Gasteiger partial charge in [-0.1, -0.05) is 12.1 Å². The fraction of sp³-hybridized carbons (Fsp3) is 0.0667. The van der Waals surface area contributed by atoms with E-state index in [0.717, 1.165) is 5.56 Å². The lowest BCUT2D eigenvalue weighted by molar-refractivity contribution is 0.0950. The van der Waals surface area contributed by atoms with Gasteiger partial charge < -0.3 is 15.5 Å². The van der Waals surface area contributed by atoms with Crippen LogP contribution in [0.4, 0.5) is 0 Å². The lowest BCUT2D eigenvalue weighted by atomic mass is 10.1. The van der Waals surface area contributed by atoms with Crippen molar-refractivity contribution in [3.8, 4) is 17.6 Å². The highest BCUT2D eigenvalue weighted by atomic mass is 16.3. The van der Waals surface area contributed by atoms with Crippen LogP contribution in [0.5, 0.6) is 11.5 Å². The number of nitrogens with zero attached hydrogens (tertiary/aromatic N) is 1. The van der Waals surface area contributed by atoms with E-state index in [9.17, 15) is 15.0 Å². The summed E-state index contributed by atoms with van der Waals surface area (Å²) in [5, 5.41) is 30.0. The maximum Gasteiger partial charge on any atom is 0.251 e. The highest BCUT2D eigenvalue weighted by Crippen LogP contribution is 2.24. The van der Waals surface area contributed by atoms with Crippen LogP contribution in [0.25, 0.3) is 0 Å². The van der Waals surface area contributed by atoms with Gasteiger partial charge in [0.15, 0.2) is 11.5 Å². The number of phenols is 2. The summed E-state index contributed by atoms with van der Waals surface area (Å²) in [5.74, 6) is -0.991. The molecule has 0 saturated carbocycles. The average molecular weight is 268 g/mol. The standard InChI is InChI=1S/C15H12N2O3/c16-8-10-2-1-3-11(6-10)9-17-15(20)12-4-5-13(18)14(19)7-12/h1-7,18-19H,9H2,(H,17,20). The number of nitrogens with one attached hydrogen (secondary N) is 1. The molecule has 1 amide bonds. The predicted molar refractivity (Wildman–Crippen MR) is 72.1 cm³/mol. The molecule has 0 aliphatic carbocycles. The van der Waals surface area contributed by atoms with Crippen molar-refractivity contribution in [2.45, 2.75) is 6.54 Å². The maximum atomic E-state index is 11.9. The van der Waals surface area contributed by atoms with Crippen molar-refractivity contribution in [1.29, 1.82) is 5.26 Å². The normalized spacial score (nSPS) is 9.75. The molecule has 0 fully saturated rings. The molecule has 3 N–H and O–H groups in total. The lowest BCUT2D eigenvalue weighted by Crippen LogP contribution is -2.22. The maximum absolute atomic E-state index is 11.9. The van der Waals surface area contributed by atoms with Crippen LogP contribution in [0.3, 0.4) is 0 Å². The molecule has 0 saturated heterocycles. The Hall–Kier alpha value is -3.00. The molecule has 0 atom stereocenters. The van der Waals surface area contributed by atoms with Gasteiger partial charge in [-0.15, -0.1) is 0 Å². The van der Waals surface area contributed by atoms with Crippen molar-refractivity contribution in [2.24, 2.45) is 0 Å². The smallest absolute Gasteiger partial charge is 0.251 e. The van der Waals surface area contributed by atoms with Gasteiger partial charge in [0.1, 0.15) is 0 Å². The first-order valence-electron chi connectivity index (χ1n) is 5.89. The Balaban J connectivity index is 2.05.